The molecule has 0 aromatic heterocycles. The van der Waals surface area contributed by atoms with Gasteiger partial charge in [0, 0.05) is 13.1 Å². The minimum atomic E-state index is -2.59. The number of ether oxygens (including phenoxy) is 1. The van der Waals surface area contributed by atoms with Gasteiger partial charge in [0.15, 0.2) is 0 Å². The van der Waals surface area contributed by atoms with Crippen molar-refractivity contribution in [3.05, 3.63) is 0 Å². The molecular weight excluding hydrogens is 140 g/mol. The molecule has 2 nitrogen and oxygen atoms in total. The third-order valence-corrected chi connectivity index (χ3v) is 2.19. The second-order valence-corrected chi connectivity index (χ2v) is 2.88. The number of fused-ring (bicyclic) bond motifs is 1. The fraction of sp³-hybridized carbons (Fsp3) is 1.00. The zero-order valence-corrected chi connectivity index (χ0v) is 5.44. The highest BCUT2D eigenvalue weighted by atomic mass is 19.3. The highest BCUT2D eigenvalue weighted by Gasteiger charge is 2.53. The number of nitrogens with one attached hydrogen (secondary N) is 1. The Morgan fingerprint density at radius 1 is 1.40 bits per heavy atom. The maximum Gasteiger partial charge on any atom is 0.277 e. The van der Waals surface area contributed by atoms with E-state index in [0.29, 0.717) is 13.1 Å². The summed E-state index contributed by atoms with van der Waals surface area (Å²) in [7, 11) is 0. The molecule has 0 spiro atoms. The van der Waals surface area contributed by atoms with Gasteiger partial charge in [-0.05, 0) is 0 Å². The van der Waals surface area contributed by atoms with E-state index >= 15 is 0 Å². The molecule has 0 aromatic carbocycles. The van der Waals surface area contributed by atoms with Gasteiger partial charge in [0.05, 0.1) is 12.0 Å². The van der Waals surface area contributed by atoms with E-state index in [0.717, 1.165) is 0 Å². The number of hydrogen-bond donors (Lipinski definition) is 1. The lowest BCUT2D eigenvalue weighted by molar-refractivity contribution is -0.0356. The minimum absolute atomic E-state index is 0.241. The van der Waals surface area contributed by atoms with E-state index in [9.17, 15) is 8.78 Å². The summed E-state index contributed by atoms with van der Waals surface area (Å²) >= 11 is 0. The second kappa shape index (κ2) is 1.89. The van der Waals surface area contributed by atoms with Gasteiger partial charge < -0.3 is 10.1 Å². The summed E-state index contributed by atoms with van der Waals surface area (Å²) in [6.07, 6.45) is -0.241. The van der Waals surface area contributed by atoms with Crippen molar-refractivity contribution in [2.24, 2.45) is 5.92 Å². The molecule has 2 saturated heterocycles. The summed E-state index contributed by atoms with van der Waals surface area (Å²) in [6, 6.07) is 0. The Balaban J connectivity index is 2.16. The first-order valence-corrected chi connectivity index (χ1v) is 3.40. The highest BCUT2D eigenvalue weighted by molar-refractivity contribution is 4.96. The normalized spacial score (nSPS) is 43.8. The van der Waals surface area contributed by atoms with Crippen molar-refractivity contribution < 1.29 is 13.5 Å². The second-order valence-electron chi connectivity index (χ2n) is 2.88. The first-order chi connectivity index (χ1) is 4.70. The van der Waals surface area contributed by atoms with Crippen LogP contribution in [0.3, 0.4) is 0 Å². The van der Waals surface area contributed by atoms with Crippen molar-refractivity contribution in [3.8, 4) is 0 Å². The molecule has 0 aromatic rings. The third kappa shape index (κ3) is 0.754. The molecule has 0 unspecified atom stereocenters. The quantitative estimate of drug-likeness (QED) is 0.532. The first kappa shape index (κ1) is 6.49. The van der Waals surface area contributed by atoms with Crippen molar-refractivity contribution >= 4 is 0 Å². The zero-order chi connectivity index (χ0) is 7.19. The zero-order valence-electron chi connectivity index (χ0n) is 5.44. The molecule has 2 rings (SSSR count). The van der Waals surface area contributed by atoms with E-state index in [1.165, 1.54) is 0 Å². The summed E-state index contributed by atoms with van der Waals surface area (Å²) in [5.41, 5.74) is 0. The van der Waals surface area contributed by atoms with Gasteiger partial charge in [-0.3, -0.25) is 0 Å². The van der Waals surface area contributed by atoms with E-state index in [2.05, 4.69) is 5.32 Å². The lowest BCUT2D eigenvalue weighted by atomic mass is 10.0. The Labute approximate surface area is 57.5 Å². The Kier molecular flexibility index (Phi) is 1.22. The van der Waals surface area contributed by atoms with Crippen LogP contribution in [0.5, 0.6) is 0 Å². The highest BCUT2D eigenvalue weighted by Crippen LogP contribution is 2.37. The van der Waals surface area contributed by atoms with Crippen LogP contribution in [0.15, 0.2) is 0 Å². The van der Waals surface area contributed by atoms with Crippen LogP contribution in [0.1, 0.15) is 0 Å². The van der Waals surface area contributed by atoms with Gasteiger partial charge in [-0.1, -0.05) is 0 Å². The molecule has 0 saturated carbocycles. The predicted octanol–water partition coefficient (Wildman–Crippen LogP) is 0.240. The summed E-state index contributed by atoms with van der Waals surface area (Å²) in [5.74, 6) is -3.17. The smallest absolute Gasteiger partial charge is 0.277 e. The maximum absolute atomic E-state index is 12.7. The van der Waals surface area contributed by atoms with Crippen molar-refractivity contribution in [3.63, 3.8) is 0 Å². The predicted molar refractivity (Wildman–Crippen MR) is 31.0 cm³/mol. The molecule has 0 radical (unpaired) electrons. The van der Waals surface area contributed by atoms with Crippen LogP contribution < -0.4 is 5.32 Å². The lowest BCUT2D eigenvalue weighted by Crippen LogP contribution is -2.30. The van der Waals surface area contributed by atoms with Crippen LogP contribution in [-0.4, -0.2) is 31.7 Å². The molecule has 58 valence electrons. The number of hydrogen-bond acceptors (Lipinski definition) is 2. The van der Waals surface area contributed by atoms with E-state index in [4.69, 9.17) is 4.74 Å². The lowest BCUT2D eigenvalue weighted by Gasteiger charge is -2.12. The van der Waals surface area contributed by atoms with E-state index in [1.54, 1.807) is 0 Å². The van der Waals surface area contributed by atoms with Crippen LogP contribution in [0, 0.1) is 5.92 Å². The fourth-order valence-corrected chi connectivity index (χ4v) is 1.58. The molecule has 0 aliphatic carbocycles. The molecule has 0 amide bonds. The number of halogens is 2. The van der Waals surface area contributed by atoms with Gasteiger partial charge in [0.25, 0.3) is 5.92 Å². The third-order valence-electron chi connectivity index (χ3n) is 2.19. The monoisotopic (exact) mass is 149 g/mol. The Morgan fingerprint density at radius 3 is 2.90 bits per heavy atom. The molecule has 0 bridgehead atoms. The van der Waals surface area contributed by atoms with Gasteiger partial charge in [0.1, 0.15) is 6.61 Å². The maximum atomic E-state index is 12.7. The number of alkyl halides is 2. The van der Waals surface area contributed by atoms with Crippen molar-refractivity contribution in [1.82, 2.24) is 5.32 Å². The molecule has 2 atom stereocenters. The van der Waals surface area contributed by atoms with Gasteiger partial charge >= 0.3 is 0 Å². The van der Waals surface area contributed by atoms with E-state index in [1.807, 2.05) is 0 Å². The Bertz CT molecular complexity index is 151. The molecule has 4 heteroatoms. The molecular formula is C6H9F2NO. The summed E-state index contributed by atoms with van der Waals surface area (Å²) in [6.45, 7) is 0.599. The largest absolute Gasteiger partial charge is 0.370 e. The van der Waals surface area contributed by atoms with Gasteiger partial charge in [-0.2, -0.15) is 0 Å². The van der Waals surface area contributed by atoms with Crippen molar-refractivity contribution in [2.75, 3.05) is 19.7 Å². The summed E-state index contributed by atoms with van der Waals surface area (Å²) in [5, 5.41) is 2.87. The molecule has 2 aliphatic rings. The summed E-state index contributed by atoms with van der Waals surface area (Å²) < 4.78 is 30.3. The van der Waals surface area contributed by atoms with Gasteiger partial charge in [-0.15, -0.1) is 0 Å². The Morgan fingerprint density at radius 2 is 2.20 bits per heavy atom. The first-order valence-electron chi connectivity index (χ1n) is 3.40. The van der Waals surface area contributed by atoms with Gasteiger partial charge in [-0.25, -0.2) is 8.78 Å². The van der Waals surface area contributed by atoms with E-state index < -0.39 is 11.8 Å². The Hall–Kier alpha value is -0.220. The molecule has 10 heavy (non-hydrogen) atoms. The van der Waals surface area contributed by atoms with Crippen molar-refractivity contribution in [2.45, 2.75) is 12.0 Å². The molecule has 2 fully saturated rings. The minimum Gasteiger partial charge on any atom is -0.370 e. The van der Waals surface area contributed by atoms with Crippen LogP contribution in [0.25, 0.3) is 0 Å². The average molecular weight is 149 g/mol. The van der Waals surface area contributed by atoms with Crippen LogP contribution in [0.4, 0.5) is 8.78 Å². The van der Waals surface area contributed by atoms with Crippen LogP contribution in [0.2, 0.25) is 0 Å². The molecule has 2 aliphatic heterocycles. The molecule has 1 N–H and O–H groups in total. The average Bonchev–Trinajstić information content (AvgIpc) is 2.36. The topological polar surface area (TPSA) is 21.3 Å². The van der Waals surface area contributed by atoms with E-state index in [-0.39, 0.29) is 12.7 Å². The SMILES string of the molecule is FC1(F)CO[C@@H]2CNC[C@H]21. The summed E-state index contributed by atoms with van der Waals surface area (Å²) in [4.78, 5) is 0. The van der Waals surface area contributed by atoms with Crippen LogP contribution >= 0.6 is 0 Å². The van der Waals surface area contributed by atoms with Crippen molar-refractivity contribution in [1.29, 1.82) is 0 Å². The van der Waals surface area contributed by atoms with Crippen LogP contribution in [-0.2, 0) is 4.74 Å². The standard InChI is InChI=1S/C6H9F2NO/c7-6(8)3-10-5-2-9-1-4(5)6/h4-5,9H,1-3H2/t4-,5-/m1/s1. The number of rotatable bonds is 0. The van der Waals surface area contributed by atoms with Gasteiger partial charge in [0.2, 0.25) is 0 Å². The fourth-order valence-electron chi connectivity index (χ4n) is 1.58. The molecule has 2 heterocycles.